The second-order valence-electron chi connectivity index (χ2n) is 7.96. The maximum atomic E-state index is 12.6. The van der Waals surface area contributed by atoms with Gasteiger partial charge in [-0.25, -0.2) is 4.79 Å². The van der Waals surface area contributed by atoms with Gasteiger partial charge >= 0.3 is 5.76 Å². The van der Waals surface area contributed by atoms with Crippen molar-refractivity contribution in [3.05, 3.63) is 100 Å². The molecule has 1 atom stereocenters. The highest BCUT2D eigenvalue weighted by molar-refractivity contribution is 5.52. The molecule has 7 nitrogen and oxygen atoms in total. The van der Waals surface area contributed by atoms with Crippen molar-refractivity contribution in [2.24, 2.45) is 0 Å². The van der Waals surface area contributed by atoms with Crippen molar-refractivity contribution in [2.45, 2.75) is 19.1 Å². The van der Waals surface area contributed by atoms with E-state index >= 15 is 0 Å². The van der Waals surface area contributed by atoms with Crippen LogP contribution in [0.4, 0.5) is 0 Å². The number of aromatic nitrogens is 2. The van der Waals surface area contributed by atoms with Crippen LogP contribution in [0.5, 0.6) is 11.5 Å². The fourth-order valence-corrected chi connectivity index (χ4v) is 4.44. The third kappa shape index (κ3) is 4.03. The quantitative estimate of drug-likeness (QED) is 0.446. The summed E-state index contributed by atoms with van der Waals surface area (Å²) in [5.74, 6) is 1.25. The van der Waals surface area contributed by atoms with Crippen LogP contribution >= 0.6 is 0 Å². The smallest absolute Gasteiger partial charge is 0.438 e. The lowest BCUT2D eigenvalue weighted by molar-refractivity contribution is 0.151. The van der Waals surface area contributed by atoms with Gasteiger partial charge < -0.3 is 13.9 Å². The highest BCUT2D eigenvalue weighted by Gasteiger charge is 2.31. The number of benzene rings is 3. The van der Waals surface area contributed by atoms with Crippen molar-refractivity contribution < 1.29 is 13.9 Å². The lowest BCUT2D eigenvalue weighted by Gasteiger charge is -2.37. The Morgan fingerprint density at radius 3 is 2.33 bits per heavy atom. The maximum Gasteiger partial charge on any atom is 0.438 e. The lowest BCUT2D eigenvalue weighted by Crippen LogP contribution is -2.39. The first-order chi connectivity index (χ1) is 16.2. The first-order valence-electron chi connectivity index (χ1n) is 10.8. The second kappa shape index (κ2) is 8.96. The minimum atomic E-state index is -0.473. The molecule has 0 fully saturated rings. The van der Waals surface area contributed by atoms with Crippen LogP contribution in [0.25, 0.3) is 11.5 Å². The van der Waals surface area contributed by atoms with Gasteiger partial charge in [0.2, 0.25) is 5.89 Å². The fraction of sp³-hybridized carbons (Fsp3) is 0.231. The van der Waals surface area contributed by atoms with Gasteiger partial charge in [0.05, 0.1) is 20.3 Å². The van der Waals surface area contributed by atoms with Crippen LogP contribution in [-0.4, -0.2) is 35.4 Å². The largest absolute Gasteiger partial charge is 0.493 e. The number of nitrogens with zero attached hydrogens (tertiary/aromatic N) is 3. The third-order valence-electron chi connectivity index (χ3n) is 6.03. The van der Waals surface area contributed by atoms with E-state index in [1.165, 1.54) is 10.2 Å². The van der Waals surface area contributed by atoms with Gasteiger partial charge in [-0.3, -0.25) is 4.90 Å². The maximum absolute atomic E-state index is 12.6. The highest BCUT2D eigenvalue weighted by atomic mass is 16.5. The van der Waals surface area contributed by atoms with Crippen molar-refractivity contribution >= 4 is 0 Å². The van der Waals surface area contributed by atoms with Gasteiger partial charge in [0, 0.05) is 12.1 Å². The average Bonchev–Trinajstić information content (AvgIpc) is 3.24. The van der Waals surface area contributed by atoms with Gasteiger partial charge in [-0.05, 0) is 47.4 Å². The minimum absolute atomic E-state index is 0.0708. The minimum Gasteiger partial charge on any atom is -0.493 e. The van der Waals surface area contributed by atoms with E-state index in [-0.39, 0.29) is 6.04 Å². The van der Waals surface area contributed by atoms with E-state index in [2.05, 4.69) is 28.2 Å². The Balaban J connectivity index is 1.54. The Morgan fingerprint density at radius 2 is 1.64 bits per heavy atom. The summed E-state index contributed by atoms with van der Waals surface area (Å²) in [4.78, 5) is 14.9. The first kappa shape index (κ1) is 21.0. The summed E-state index contributed by atoms with van der Waals surface area (Å²) in [7, 11) is 3.29. The van der Waals surface area contributed by atoms with Crippen molar-refractivity contribution in [3.8, 4) is 23.0 Å². The molecule has 1 aromatic heterocycles. The summed E-state index contributed by atoms with van der Waals surface area (Å²) in [6.45, 7) is 1.06. The summed E-state index contributed by atoms with van der Waals surface area (Å²) >= 11 is 0. The predicted octanol–water partition coefficient (Wildman–Crippen LogP) is 4.13. The molecule has 0 N–H and O–H groups in total. The predicted molar refractivity (Wildman–Crippen MR) is 124 cm³/mol. The molecule has 5 rings (SSSR count). The van der Waals surface area contributed by atoms with Crippen molar-refractivity contribution in [2.75, 3.05) is 20.8 Å². The highest BCUT2D eigenvalue weighted by Crippen LogP contribution is 2.41. The van der Waals surface area contributed by atoms with E-state index in [1.54, 1.807) is 14.2 Å². The van der Waals surface area contributed by atoms with Gasteiger partial charge in [0.15, 0.2) is 11.5 Å². The van der Waals surface area contributed by atoms with Gasteiger partial charge in [-0.2, -0.15) is 4.68 Å². The zero-order chi connectivity index (χ0) is 22.8. The second-order valence-corrected chi connectivity index (χ2v) is 7.96. The number of methoxy groups -OCH3 is 2. The van der Waals surface area contributed by atoms with Gasteiger partial charge in [-0.15, -0.1) is 5.10 Å². The standard InChI is InChI=1S/C26H25N3O4/c1-31-22-15-20-13-14-28(17-29-26(30)33-25(27-29)19-11-7-4-8-12-19)24(18-9-5-3-6-10-18)21(20)16-23(22)32-2/h3-12,15-16,24H,13-14,17H2,1-2H3. The van der Waals surface area contributed by atoms with Crippen LogP contribution in [0, 0.1) is 0 Å². The van der Waals surface area contributed by atoms with E-state index in [0.29, 0.717) is 18.3 Å². The van der Waals surface area contributed by atoms with E-state index in [0.717, 1.165) is 35.4 Å². The van der Waals surface area contributed by atoms with Gasteiger partial charge in [0.1, 0.15) is 6.67 Å². The van der Waals surface area contributed by atoms with Crippen LogP contribution < -0.4 is 15.2 Å². The molecule has 3 aromatic carbocycles. The molecule has 33 heavy (non-hydrogen) atoms. The SMILES string of the molecule is COc1cc2c(cc1OC)C(c1ccccc1)N(Cn1nc(-c3ccccc3)oc1=O)CC2. The average molecular weight is 444 g/mol. The molecule has 7 heteroatoms. The van der Waals surface area contributed by atoms with E-state index in [1.807, 2.05) is 54.6 Å². The summed E-state index contributed by atoms with van der Waals surface area (Å²) in [5.41, 5.74) is 4.24. The molecule has 0 saturated heterocycles. The first-order valence-corrected chi connectivity index (χ1v) is 10.8. The zero-order valence-electron chi connectivity index (χ0n) is 18.6. The molecular formula is C26H25N3O4. The Kier molecular flexibility index (Phi) is 5.71. The fourth-order valence-electron chi connectivity index (χ4n) is 4.44. The van der Waals surface area contributed by atoms with E-state index in [4.69, 9.17) is 13.9 Å². The van der Waals surface area contributed by atoms with Crippen molar-refractivity contribution in [3.63, 3.8) is 0 Å². The molecule has 1 aliphatic heterocycles. The number of rotatable bonds is 6. The summed E-state index contributed by atoms with van der Waals surface area (Å²) in [5, 5.41) is 4.47. The summed E-state index contributed by atoms with van der Waals surface area (Å²) in [6, 6.07) is 23.7. The molecule has 0 amide bonds. The van der Waals surface area contributed by atoms with Crippen LogP contribution in [0.1, 0.15) is 22.7 Å². The van der Waals surface area contributed by atoms with Crippen LogP contribution in [0.2, 0.25) is 0 Å². The number of fused-ring (bicyclic) bond motifs is 1. The molecular weight excluding hydrogens is 418 g/mol. The van der Waals surface area contributed by atoms with Gasteiger partial charge in [-0.1, -0.05) is 48.5 Å². The van der Waals surface area contributed by atoms with Crippen LogP contribution in [0.15, 0.2) is 82.0 Å². The third-order valence-corrected chi connectivity index (χ3v) is 6.03. The Labute approximate surface area is 191 Å². The number of ether oxygens (including phenoxy) is 2. The molecule has 168 valence electrons. The van der Waals surface area contributed by atoms with Crippen molar-refractivity contribution in [1.82, 2.24) is 14.7 Å². The molecule has 0 radical (unpaired) electrons. The molecule has 0 bridgehead atoms. The topological polar surface area (TPSA) is 69.7 Å². The summed E-state index contributed by atoms with van der Waals surface area (Å²) in [6.07, 6.45) is 0.817. The van der Waals surface area contributed by atoms with Gasteiger partial charge in [0.25, 0.3) is 0 Å². The molecule has 0 saturated carbocycles. The Bertz CT molecular complexity index is 1300. The van der Waals surface area contributed by atoms with E-state index < -0.39 is 5.76 Å². The lowest BCUT2D eigenvalue weighted by atomic mass is 9.88. The molecule has 1 aliphatic rings. The van der Waals surface area contributed by atoms with Crippen molar-refractivity contribution in [1.29, 1.82) is 0 Å². The number of hydrogen-bond acceptors (Lipinski definition) is 6. The van der Waals surface area contributed by atoms with Crippen LogP contribution in [0.3, 0.4) is 0 Å². The normalized spacial score (nSPS) is 15.8. The summed E-state index contributed by atoms with van der Waals surface area (Å²) < 4.78 is 18.0. The molecule has 0 spiro atoms. The molecule has 2 heterocycles. The molecule has 4 aromatic rings. The Hall–Kier alpha value is -3.84. The Morgan fingerprint density at radius 1 is 0.970 bits per heavy atom. The molecule has 0 aliphatic carbocycles. The van der Waals surface area contributed by atoms with E-state index in [9.17, 15) is 4.79 Å². The number of hydrogen-bond donors (Lipinski definition) is 0. The molecule has 1 unspecified atom stereocenters. The van der Waals surface area contributed by atoms with Crippen LogP contribution in [-0.2, 0) is 13.1 Å². The zero-order valence-corrected chi connectivity index (χ0v) is 18.6. The monoisotopic (exact) mass is 443 g/mol.